The number of nitrogens with zero attached hydrogens (tertiary/aromatic N) is 1. The van der Waals surface area contributed by atoms with E-state index in [0.717, 1.165) is 16.1 Å². The van der Waals surface area contributed by atoms with Gasteiger partial charge in [-0.1, -0.05) is 12.1 Å². The predicted molar refractivity (Wildman–Crippen MR) is 93.0 cm³/mol. The van der Waals surface area contributed by atoms with E-state index < -0.39 is 10.0 Å². The molecule has 0 aliphatic carbocycles. The summed E-state index contributed by atoms with van der Waals surface area (Å²) in [5, 5.41) is 0. The Morgan fingerprint density at radius 3 is 2.09 bits per heavy atom. The number of nitrogens with one attached hydrogen (secondary N) is 1. The number of anilines is 1. The molecule has 0 spiro atoms. The van der Waals surface area contributed by atoms with Gasteiger partial charge in [-0.25, -0.2) is 13.1 Å². The SMILES string of the molecule is CSc1ccc(S(=O)(=O)NCc2ccc(N(C)C)cc2)cc1. The Morgan fingerprint density at radius 1 is 1.00 bits per heavy atom. The van der Waals surface area contributed by atoms with Crippen LogP contribution >= 0.6 is 11.8 Å². The minimum Gasteiger partial charge on any atom is -0.378 e. The second-order valence-electron chi connectivity index (χ2n) is 5.06. The molecule has 118 valence electrons. The van der Waals surface area contributed by atoms with E-state index in [-0.39, 0.29) is 11.4 Å². The molecule has 0 saturated carbocycles. The van der Waals surface area contributed by atoms with E-state index in [1.165, 1.54) is 0 Å². The van der Waals surface area contributed by atoms with E-state index in [0.29, 0.717) is 0 Å². The molecule has 0 atom stereocenters. The van der Waals surface area contributed by atoms with Gasteiger partial charge in [0.05, 0.1) is 4.90 Å². The molecule has 6 heteroatoms. The molecule has 0 aromatic heterocycles. The molecule has 0 bridgehead atoms. The first-order valence-corrected chi connectivity index (χ1v) is 9.53. The zero-order valence-electron chi connectivity index (χ0n) is 12.9. The second kappa shape index (κ2) is 7.17. The second-order valence-corrected chi connectivity index (χ2v) is 7.71. The molecule has 22 heavy (non-hydrogen) atoms. The molecule has 0 amide bonds. The van der Waals surface area contributed by atoms with E-state index in [9.17, 15) is 8.42 Å². The summed E-state index contributed by atoms with van der Waals surface area (Å²) in [7, 11) is 0.457. The van der Waals surface area contributed by atoms with E-state index in [1.54, 1.807) is 23.9 Å². The van der Waals surface area contributed by atoms with Crippen molar-refractivity contribution in [2.75, 3.05) is 25.3 Å². The normalized spacial score (nSPS) is 11.4. The molecular formula is C16H20N2O2S2. The Bertz CT molecular complexity index is 709. The van der Waals surface area contributed by atoms with Crippen molar-refractivity contribution in [3.63, 3.8) is 0 Å². The van der Waals surface area contributed by atoms with Crippen LogP contribution in [0.3, 0.4) is 0 Å². The average molecular weight is 336 g/mol. The number of rotatable bonds is 6. The van der Waals surface area contributed by atoms with Gasteiger partial charge in [-0.3, -0.25) is 0 Å². The van der Waals surface area contributed by atoms with Gasteiger partial charge in [0, 0.05) is 31.2 Å². The smallest absolute Gasteiger partial charge is 0.240 e. The molecule has 0 heterocycles. The zero-order chi connectivity index (χ0) is 16.2. The molecule has 2 aromatic rings. The summed E-state index contributed by atoms with van der Waals surface area (Å²) in [5.41, 5.74) is 2.01. The molecule has 0 fully saturated rings. The average Bonchev–Trinajstić information content (AvgIpc) is 2.53. The quantitative estimate of drug-likeness (QED) is 0.824. The van der Waals surface area contributed by atoms with Gasteiger partial charge >= 0.3 is 0 Å². The van der Waals surface area contributed by atoms with Crippen molar-refractivity contribution in [1.29, 1.82) is 0 Å². The molecule has 1 N–H and O–H groups in total. The van der Waals surface area contributed by atoms with Gasteiger partial charge in [0.25, 0.3) is 0 Å². The summed E-state index contributed by atoms with van der Waals surface area (Å²) in [6, 6.07) is 14.7. The van der Waals surface area contributed by atoms with E-state index in [1.807, 2.05) is 61.6 Å². The van der Waals surface area contributed by atoms with Crippen molar-refractivity contribution >= 4 is 27.5 Å². The highest BCUT2D eigenvalue weighted by Crippen LogP contribution is 2.18. The Hall–Kier alpha value is -1.50. The molecule has 4 nitrogen and oxygen atoms in total. The molecule has 0 radical (unpaired) electrons. The number of sulfonamides is 1. The molecular weight excluding hydrogens is 316 g/mol. The van der Waals surface area contributed by atoms with Gasteiger partial charge in [0.1, 0.15) is 0 Å². The molecule has 0 aliphatic heterocycles. The van der Waals surface area contributed by atoms with Crippen molar-refractivity contribution in [1.82, 2.24) is 4.72 Å². The standard InChI is InChI=1S/C16H20N2O2S2/c1-18(2)14-6-4-13(5-7-14)12-17-22(19,20)16-10-8-15(21-3)9-11-16/h4-11,17H,12H2,1-3H3. The van der Waals surface area contributed by atoms with Gasteiger partial charge in [0.15, 0.2) is 0 Å². The van der Waals surface area contributed by atoms with E-state index >= 15 is 0 Å². The van der Waals surface area contributed by atoms with Gasteiger partial charge < -0.3 is 4.90 Å². The summed E-state index contributed by atoms with van der Waals surface area (Å²) in [4.78, 5) is 3.33. The van der Waals surface area contributed by atoms with Crippen molar-refractivity contribution in [2.45, 2.75) is 16.3 Å². The minimum atomic E-state index is -3.48. The zero-order valence-corrected chi connectivity index (χ0v) is 14.5. The van der Waals surface area contributed by atoms with Crippen LogP contribution in [0.1, 0.15) is 5.56 Å². The number of thioether (sulfide) groups is 1. The minimum absolute atomic E-state index is 0.278. The first-order chi connectivity index (χ1) is 10.4. The lowest BCUT2D eigenvalue weighted by atomic mass is 10.2. The van der Waals surface area contributed by atoms with Crippen LogP contribution in [0.15, 0.2) is 58.3 Å². The summed E-state index contributed by atoms with van der Waals surface area (Å²) in [5.74, 6) is 0. The molecule has 2 aromatic carbocycles. The summed E-state index contributed by atoms with van der Waals surface area (Å²) in [6.07, 6.45) is 1.96. The topological polar surface area (TPSA) is 49.4 Å². The molecule has 0 saturated heterocycles. The fourth-order valence-electron chi connectivity index (χ4n) is 1.93. The van der Waals surface area contributed by atoms with Gasteiger partial charge in [-0.05, 0) is 48.2 Å². The van der Waals surface area contributed by atoms with Crippen molar-refractivity contribution < 1.29 is 8.42 Å². The van der Waals surface area contributed by atoms with Gasteiger partial charge in [-0.15, -0.1) is 11.8 Å². The molecule has 0 unspecified atom stereocenters. The van der Waals surface area contributed by atoms with Crippen LogP contribution in [-0.2, 0) is 16.6 Å². The van der Waals surface area contributed by atoms with Crippen LogP contribution in [0.2, 0.25) is 0 Å². The number of hydrogen-bond donors (Lipinski definition) is 1. The van der Waals surface area contributed by atoms with Crippen LogP contribution in [0.4, 0.5) is 5.69 Å². The Kier molecular flexibility index (Phi) is 5.50. The highest BCUT2D eigenvalue weighted by atomic mass is 32.2. The highest BCUT2D eigenvalue weighted by Gasteiger charge is 2.13. The largest absolute Gasteiger partial charge is 0.378 e. The monoisotopic (exact) mass is 336 g/mol. The highest BCUT2D eigenvalue weighted by molar-refractivity contribution is 7.98. The fourth-order valence-corrected chi connectivity index (χ4v) is 3.35. The van der Waals surface area contributed by atoms with Crippen molar-refractivity contribution in [3.05, 3.63) is 54.1 Å². The van der Waals surface area contributed by atoms with Crippen LogP contribution in [0.25, 0.3) is 0 Å². The lowest BCUT2D eigenvalue weighted by Crippen LogP contribution is -2.23. The van der Waals surface area contributed by atoms with Crippen LogP contribution < -0.4 is 9.62 Å². The molecule has 2 rings (SSSR count). The summed E-state index contributed by atoms with van der Waals surface area (Å²) < 4.78 is 27.1. The first kappa shape index (κ1) is 16.9. The maximum atomic E-state index is 12.3. The third kappa shape index (κ3) is 4.25. The Labute approximate surface area is 136 Å². The third-order valence-corrected chi connectivity index (χ3v) is 5.45. The number of hydrogen-bond acceptors (Lipinski definition) is 4. The lowest BCUT2D eigenvalue weighted by molar-refractivity contribution is 0.581. The van der Waals surface area contributed by atoms with Crippen molar-refractivity contribution in [2.24, 2.45) is 0 Å². The maximum absolute atomic E-state index is 12.3. The maximum Gasteiger partial charge on any atom is 0.240 e. The van der Waals surface area contributed by atoms with E-state index in [4.69, 9.17) is 0 Å². The van der Waals surface area contributed by atoms with E-state index in [2.05, 4.69) is 4.72 Å². The predicted octanol–water partition coefficient (Wildman–Crippen LogP) is 2.95. The fraction of sp³-hybridized carbons (Fsp3) is 0.250. The van der Waals surface area contributed by atoms with Crippen LogP contribution in [0, 0.1) is 0 Å². The van der Waals surface area contributed by atoms with Gasteiger partial charge in [-0.2, -0.15) is 0 Å². The van der Waals surface area contributed by atoms with Crippen LogP contribution in [-0.4, -0.2) is 28.8 Å². The van der Waals surface area contributed by atoms with Crippen molar-refractivity contribution in [3.8, 4) is 0 Å². The number of benzene rings is 2. The Balaban J connectivity index is 2.05. The Morgan fingerprint density at radius 2 is 1.59 bits per heavy atom. The third-order valence-electron chi connectivity index (χ3n) is 3.29. The lowest BCUT2D eigenvalue weighted by Gasteiger charge is -2.13. The molecule has 0 aliphatic rings. The summed E-state index contributed by atoms with van der Waals surface area (Å²) in [6.45, 7) is 0.278. The van der Waals surface area contributed by atoms with Crippen LogP contribution in [0.5, 0.6) is 0 Å². The van der Waals surface area contributed by atoms with Gasteiger partial charge in [0.2, 0.25) is 10.0 Å². The first-order valence-electron chi connectivity index (χ1n) is 6.82. The summed E-state index contributed by atoms with van der Waals surface area (Å²) >= 11 is 1.58.